The number of hydrogen-bond donors (Lipinski definition) is 1. The third-order valence-corrected chi connectivity index (χ3v) is 2.09. The number of nitrogens with one attached hydrogen (secondary N) is 1. The van der Waals surface area contributed by atoms with Crippen LogP contribution in [0.5, 0.6) is 0 Å². The van der Waals surface area contributed by atoms with E-state index in [1.165, 1.54) is 6.33 Å². The molecule has 0 saturated carbocycles. The molecule has 2 rings (SSSR count). The van der Waals surface area contributed by atoms with E-state index < -0.39 is 0 Å². The SMILES string of the molecule is CC(C)C.CC(C)C.CC(C)Cc1ncn[nH]1.CC(C)Cn1cncn1. The molecule has 2 heterocycles. The minimum Gasteiger partial charge on any atom is -0.263 e. The predicted octanol–water partition coefficient (Wildman–Crippen LogP) is 5.26. The van der Waals surface area contributed by atoms with Crippen LogP contribution in [0.1, 0.15) is 75.1 Å². The smallest absolute Gasteiger partial charge is 0.137 e. The molecule has 0 bridgehead atoms. The summed E-state index contributed by atoms with van der Waals surface area (Å²) in [6, 6.07) is 0. The highest BCUT2D eigenvalue weighted by Crippen LogP contribution is 1.99. The number of nitrogens with zero attached hydrogens (tertiary/aromatic N) is 5. The molecule has 26 heavy (non-hydrogen) atoms. The number of aromatic amines is 1. The Kier molecular flexibility index (Phi) is 17.1. The second-order valence-electron chi connectivity index (χ2n) is 8.51. The van der Waals surface area contributed by atoms with Crippen molar-refractivity contribution in [3.8, 4) is 0 Å². The van der Waals surface area contributed by atoms with Crippen LogP contribution in [0, 0.1) is 23.7 Å². The fraction of sp³-hybridized carbons (Fsp3) is 0.800. The molecular formula is C20H42N6. The van der Waals surface area contributed by atoms with Gasteiger partial charge in [0.1, 0.15) is 24.8 Å². The second kappa shape index (κ2) is 16.7. The van der Waals surface area contributed by atoms with Gasteiger partial charge in [-0.1, -0.05) is 69.2 Å². The summed E-state index contributed by atoms with van der Waals surface area (Å²) in [5.41, 5.74) is 0. The Morgan fingerprint density at radius 1 is 0.846 bits per heavy atom. The van der Waals surface area contributed by atoms with Crippen molar-refractivity contribution in [2.45, 2.75) is 82.2 Å². The zero-order valence-corrected chi connectivity index (χ0v) is 18.7. The van der Waals surface area contributed by atoms with Gasteiger partial charge in [-0.15, -0.1) is 0 Å². The number of aromatic nitrogens is 6. The number of H-pyrrole nitrogens is 1. The van der Waals surface area contributed by atoms with E-state index in [2.05, 4.69) is 94.5 Å². The fourth-order valence-electron chi connectivity index (χ4n) is 1.42. The van der Waals surface area contributed by atoms with E-state index in [9.17, 15) is 0 Å². The van der Waals surface area contributed by atoms with Crippen LogP contribution in [0.4, 0.5) is 0 Å². The summed E-state index contributed by atoms with van der Waals surface area (Å²) in [6.07, 6.45) is 5.82. The summed E-state index contributed by atoms with van der Waals surface area (Å²) in [6.45, 7) is 22.6. The lowest BCUT2D eigenvalue weighted by atomic mass is 10.1. The molecule has 0 saturated heterocycles. The maximum absolute atomic E-state index is 3.99. The summed E-state index contributed by atoms with van der Waals surface area (Å²) in [4.78, 5) is 7.82. The van der Waals surface area contributed by atoms with Crippen molar-refractivity contribution in [2.75, 3.05) is 0 Å². The van der Waals surface area contributed by atoms with Gasteiger partial charge in [-0.2, -0.15) is 10.2 Å². The Bertz CT molecular complexity index is 421. The van der Waals surface area contributed by atoms with Crippen LogP contribution in [-0.2, 0) is 13.0 Å². The first-order valence-electron chi connectivity index (χ1n) is 9.71. The van der Waals surface area contributed by atoms with E-state index in [0.717, 1.165) is 30.6 Å². The monoisotopic (exact) mass is 366 g/mol. The molecule has 0 aliphatic carbocycles. The molecule has 0 radical (unpaired) electrons. The highest BCUT2D eigenvalue weighted by Gasteiger charge is 1.97. The van der Waals surface area contributed by atoms with Gasteiger partial charge in [0.15, 0.2) is 0 Å². The zero-order chi connectivity index (χ0) is 20.5. The minimum absolute atomic E-state index is 0.645. The minimum atomic E-state index is 0.645. The first-order valence-corrected chi connectivity index (χ1v) is 9.71. The van der Waals surface area contributed by atoms with Gasteiger partial charge in [-0.05, 0) is 23.7 Å². The molecule has 0 aliphatic heterocycles. The topological polar surface area (TPSA) is 72.3 Å². The molecule has 0 fully saturated rings. The lowest BCUT2D eigenvalue weighted by Crippen LogP contribution is -2.03. The van der Waals surface area contributed by atoms with Crippen LogP contribution < -0.4 is 0 Å². The highest BCUT2D eigenvalue weighted by atomic mass is 15.3. The molecule has 2 aromatic rings. The normalized spacial score (nSPS) is 10.1. The Morgan fingerprint density at radius 2 is 1.38 bits per heavy atom. The van der Waals surface area contributed by atoms with Gasteiger partial charge >= 0.3 is 0 Å². The quantitative estimate of drug-likeness (QED) is 0.801. The Labute approximate surface area is 161 Å². The van der Waals surface area contributed by atoms with Crippen molar-refractivity contribution in [2.24, 2.45) is 23.7 Å². The molecule has 0 spiro atoms. The molecule has 0 amide bonds. The van der Waals surface area contributed by atoms with Gasteiger partial charge in [0, 0.05) is 13.0 Å². The number of hydrogen-bond acceptors (Lipinski definition) is 4. The van der Waals surface area contributed by atoms with Crippen LogP contribution in [-0.4, -0.2) is 29.9 Å². The standard InChI is InChI=1S/2C6H11N3.2C4H10/c1-6(2)3-9-5-7-4-8-9;1-5(2)3-6-7-4-8-9-6;2*1-4(2)3/h4-6H,3H2,1-2H3;4-5H,3H2,1-2H3,(H,7,8,9);2*4H,1-3H3. The molecule has 152 valence electrons. The van der Waals surface area contributed by atoms with Crippen LogP contribution in [0.2, 0.25) is 0 Å². The maximum atomic E-state index is 3.99. The molecule has 2 aromatic heterocycles. The lowest BCUT2D eigenvalue weighted by molar-refractivity contribution is 0.482. The number of rotatable bonds is 4. The van der Waals surface area contributed by atoms with Gasteiger partial charge in [0.2, 0.25) is 0 Å². The van der Waals surface area contributed by atoms with Crippen LogP contribution >= 0.6 is 0 Å². The molecular weight excluding hydrogens is 324 g/mol. The van der Waals surface area contributed by atoms with Crippen LogP contribution in [0.3, 0.4) is 0 Å². The van der Waals surface area contributed by atoms with Crippen molar-refractivity contribution < 1.29 is 0 Å². The van der Waals surface area contributed by atoms with Gasteiger partial charge in [0.25, 0.3) is 0 Å². The average molecular weight is 367 g/mol. The molecule has 1 N–H and O–H groups in total. The first kappa shape index (κ1) is 26.5. The predicted molar refractivity (Wildman–Crippen MR) is 111 cm³/mol. The third kappa shape index (κ3) is 24.5. The molecule has 6 heteroatoms. The van der Waals surface area contributed by atoms with Gasteiger partial charge < -0.3 is 0 Å². The van der Waals surface area contributed by atoms with Crippen molar-refractivity contribution in [1.82, 2.24) is 29.9 Å². The molecule has 0 aliphatic rings. The summed E-state index contributed by atoms with van der Waals surface area (Å²) >= 11 is 0. The lowest BCUT2D eigenvalue weighted by Gasteiger charge is -2.01. The average Bonchev–Trinajstić information content (AvgIpc) is 3.10. The van der Waals surface area contributed by atoms with Crippen molar-refractivity contribution in [3.63, 3.8) is 0 Å². The largest absolute Gasteiger partial charge is 0.263 e. The summed E-state index contributed by atoms with van der Waals surface area (Å²) in [5, 5.41) is 10.5. The summed E-state index contributed by atoms with van der Waals surface area (Å²) < 4.78 is 1.84. The highest BCUT2D eigenvalue weighted by molar-refractivity contribution is 4.80. The first-order chi connectivity index (χ1) is 12.0. The summed E-state index contributed by atoms with van der Waals surface area (Å²) in [7, 11) is 0. The van der Waals surface area contributed by atoms with E-state index in [0.29, 0.717) is 11.8 Å². The van der Waals surface area contributed by atoms with Gasteiger partial charge in [-0.3, -0.25) is 9.78 Å². The van der Waals surface area contributed by atoms with Gasteiger partial charge in [0.05, 0.1) is 0 Å². The summed E-state index contributed by atoms with van der Waals surface area (Å²) in [5.74, 6) is 3.94. The van der Waals surface area contributed by atoms with E-state index in [-0.39, 0.29) is 0 Å². The zero-order valence-electron chi connectivity index (χ0n) is 18.7. The molecule has 0 aromatic carbocycles. The van der Waals surface area contributed by atoms with E-state index in [1.54, 1.807) is 12.7 Å². The van der Waals surface area contributed by atoms with E-state index in [4.69, 9.17) is 0 Å². The Hall–Kier alpha value is -1.72. The van der Waals surface area contributed by atoms with Crippen LogP contribution in [0.15, 0.2) is 19.0 Å². The van der Waals surface area contributed by atoms with Gasteiger partial charge in [-0.25, -0.2) is 9.97 Å². The Balaban J connectivity index is 0. The maximum Gasteiger partial charge on any atom is 0.137 e. The second-order valence-corrected chi connectivity index (χ2v) is 8.51. The third-order valence-electron chi connectivity index (χ3n) is 2.09. The molecule has 0 atom stereocenters. The molecule has 0 unspecified atom stereocenters. The Morgan fingerprint density at radius 3 is 1.69 bits per heavy atom. The van der Waals surface area contributed by atoms with Crippen LogP contribution in [0.25, 0.3) is 0 Å². The van der Waals surface area contributed by atoms with Crippen molar-refractivity contribution in [1.29, 1.82) is 0 Å². The van der Waals surface area contributed by atoms with Crippen molar-refractivity contribution >= 4 is 0 Å². The van der Waals surface area contributed by atoms with Crippen molar-refractivity contribution in [3.05, 3.63) is 24.8 Å². The van der Waals surface area contributed by atoms with E-state index in [1.807, 2.05) is 4.68 Å². The van der Waals surface area contributed by atoms with E-state index >= 15 is 0 Å². The fourth-order valence-corrected chi connectivity index (χ4v) is 1.42. The molecule has 6 nitrogen and oxygen atoms in total.